The Balaban J connectivity index is 1.74. The van der Waals surface area contributed by atoms with Crippen LogP contribution >= 0.6 is 0 Å². The molecule has 1 aliphatic rings. The molecule has 4 heteroatoms. The number of piperidine rings is 1. The summed E-state index contributed by atoms with van der Waals surface area (Å²) in [5, 5.41) is 0. The van der Waals surface area contributed by atoms with Crippen LogP contribution in [0, 0.1) is 5.92 Å². The molecule has 2 N–H and O–H groups in total. The zero-order chi connectivity index (χ0) is 13.2. The molecule has 102 valence electrons. The summed E-state index contributed by atoms with van der Waals surface area (Å²) in [5.41, 5.74) is 8.16. The van der Waals surface area contributed by atoms with Crippen LogP contribution in [-0.4, -0.2) is 23.0 Å². The first-order valence-electron chi connectivity index (χ1n) is 7.12. The number of hydrogen-bond acceptors (Lipinski definition) is 4. The molecule has 19 heavy (non-hydrogen) atoms. The maximum Gasteiger partial charge on any atom is 0.209 e. The van der Waals surface area contributed by atoms with Crippen molar-refractivity contribution < 1.29 is 4.42 Å². The normalized spacial score (nSPS) is 21.0. The first-order chi connectivity index (χ1) is 9.24. The van der Waals surface area contributed by atoms with E-state index in [-0.39, 0.29) is 0 Å². The smallest absolute Gasteiger partial charge is 0.209 e. The largest absolute Gasteiger partial charge is 0.439 e. The summed E-state index contributed by atoms with van der Waals surface area (Å²) in [7, 11) is 0. The highest BCUT2D eigenvalue weighted by Crippen LogP contribution is 2.23. The summed E-state index contributed by atoms with van der Waals surface area (Å²) in [6, 6.07) is 5.63. The molecular formula is C15H21N3O. The van der Waals surface area contributed by atoms with Crippen molar-refractivity contribution in [3.8, 4) is 0 Å². The Kier molecular flexibility index (Phi) is 3.42. The van der Waals surface area contributed by atoms with E-state index < -0.39 is 0 Å². The lowest BCUT2D eigenvalue weighted by Gasteiger charge is -2.31. The fourth-order valence-electron chi connectivity index (χ4n) is 2.88. The SMILES string of the molecule is CCC1CCCN(Cc2nc3ccc(N)cc3o2)C1. The van der Waals surface area contributed by atoms with E-state index in [4.69, 9.17) is 10.2 Å². The van der Waals surface area contributed by atoms with Gasteiger partial charge in [-0.2, -0.15) is 0 Å². The maximum absolute atomic E-state index is 5.79. The van der Waals surface area contributed by atoms with E-state index >= 15 is 0 Å². The fraction of sp³-hybridized carbons (Fsp3) is 0.533. The molecule has 0 saturated carbocycles. The van der Waals surface area contributed by atoms with Crippen LogP contribution in [-0.2, 0) is 6.54 Å². The third kappa shape index (κ3) is 2.73. The highest BCUT2D eigenvalue weighted by Gasteiger charge is 2.20. The number of hydrogen-bond donors (Lipinski definition) is 1. The van der Waals surface area contributed by atoms with Crippen LogP contribution in [0.25, 0.3) is 11.1 Å². The predicted molar refractivity (Wildman–Crippen MR) is 76.7 cm³/mol. The van der Waals surface area contributed by atoms with Crippen LogP contribution in [0.3, 0.4) is 0 Å². The van der Waals surface area contributed by atoms with Gasteiger partial charge in [0.05, 0.1) is 6.54 Å². The number of anilines is 1. The Morgan fingerprint density at radius 3 is 3.21 bits per heavy atom. The fourth-order valence-corrected chi connectivity index (χ4v) is 2.88. The molecule has 0 bridgehead atoms. The van der Waals surface area contributed by atoms with Crippen molar-refractivity contribution in [1.82, 2.24) is 9.88 Å². The molecule has 1 fully saturated rings. The molecule has 2 heterocycles. The lowest BCUT2D eigenvalue weighted by molar-refractivity contribution is 0.153. The number of nitrogen functional groups attached to an aromatic ring is 1. The molecule has 0 spiro atoms. The van der Waals surface area contributed by atoms with E-state index in [1.165, 1.54) is 19.3 Å². The topological polar surface area (TPSA) is 55.3 Å². The highest BCUT2D eigenvalue weighted by molar-refractivity contribution is 5.76. The number of aromatic nitrogens is 1. The molecule has 1 atom stereocenters. The van der Waals surface area contributed by atoms with Gasteiger partial charge in [-0.3, -0.25) is 4.90 Å². The van der Waals surface area contributed by atoms with Crippen LogP contribution in [0.1, 0.15) is 32.1 Å². The Hall–Kier alpha value is -1.55. The van der Waals surface area contributed by atoms with Crippen LogP contribution in [0.4, 0.5) is 5.69 Å². The zero-order valence-corrected chi connectivity index (χ0v) is 11.4. The molecule has 2 aromatic rings. The number of nitrogens with zero attached hydrogens (tertiary/aromatic N) is 2. The average molecular weight is 259 g/mol. The summed E-state index contributed by atoms with van der Waals surface area (Å²) in [5.74, 6) is 1.63. The van der Waals surface area contributed by atoms with Crippen molar-refractivity contribution in [3.63, 3.8) is 0 Å². The van der Waals surface area contributed by atoms with Gasteiger partial charge in [0.1, 0.15) is 5.52 Å². The van der Waals surface area contributed by atoms with Gasteiger partial charge >= 0.3 is 0 Å². The summed E-state index contributed by atoms with van der Waals surface area (Å²) in [4.78, 5) is 6.99. The standard InChI is InChI=1S/C15H21N3O/c1-2-11-4-3-7-18(9-11)10-15-17-13-6-5-12(16)8-14(13)19-15/h5-6,8,11H,2-4,7,9-10,16H2,1H3. The van der Waals surface area contributed by atoms with E-state index in [0.29, 0.717) is 0 Å². The van der Waals surface area contributed by atoms with E-state index in [1.807, 2.05) is 18.2 Å². The Bertz CT molecular complexity index is 564. The van der Waals surface area contributed by atoms with Crippen LogP contribution in [0.2, 0.25) is 0 Å². The number of benzene rings is 1. The second-order valence-electron chi connectivity index (χ2n) is 5.49. The van der Waals surface area contributed by atoms with Crippen molar-refractivity contribution in [2.45, 2.75) is 32.7 Å². The lowest BCUT2D eigenvalue weighted by Crippen LogP contribution is -2.34. The molecule has 1 aromatic heterocycles. The summed E-state index contributed by atoms with van der Waals surface area (Å²) in [6.07, 6.45) is 3.91. The third-order valence-corrected chi connectivity index (χ3v) is 4.00. The number of rotatable bonds is 3. The summed E-state index contributed by atoms with van der Waals surface area (Å²) in [6.45, 7) is 5.40. The van der Waals surface area contributed by atoms with Crippen molar-refractivity contribution in [2.24, 2.45) is 5.92 Å². The molecule has 0 aliphatic carbocycles. The Labute approximate surface area is 113 Å². The molecule has 1 unspecified atom stereocenters. The van der Waals surface area contributed by atoms with Gasteiger partial charge in [0.15, 0.2) is 5.58 Å². The number of oxazole rings is 1. The Morgan fingerprint density at radius 2 is 2.37 bits per heavy atom. The van der Waals surface area contributed by atoms with Gasteiger partial charge in [0.25, 0.3) is 0 Å². The van der Waals surface area contributed by atoms with Gasteiger partial charge in [-0.15, -0.1) is 0 Å². The maximum atomic E-state index is 5.79. The van der Waals surface area contributed by atoms with Gasteiger partial charge in [-0.25, -0.2) is 4.98 Å². The van der Waals surface area contributed by atoms with Gasteiger partial charge in [0, 0.05) is 18.3 Å². The monoisotopic (exact) mass is 259 g/mol. The van der Waals surface area contributed by atoms with Crippen molar-refractivity contribution in [3.05, 3.63) is 24.1 Å². The minimum atomic E-state index is 0.721. The second kappa shape index (κ2) is 5.21. The summed E-state index contributed by atoms with van der Waals surface area (Å²) < 4.78 is 5.79. The van der Waals surface area contributed by atoms with E-state index in [1.54, 1.807) is 0 Å². The van der Waals surface area contributed by atoms with Crippen LogP contribution in [0.15, 0.2) is 22.6 Å². The molecule has 3 rings (SSSR count). The summed E-state index contributed by atoms with van der Waals surface area (Å²) >= 11 is 0. The molecular weight excluding hydrogens is 238 g/mol. The Morgan fingerprint density at radius 1 is 1.47 bits per heavy atom. The predicted octanol–water partition coefficient (Wildman–Crippen LogP) is 3.03. The van der Waals surface area contributed by atoms with Gasteiger partial charge in [0.2, 0.25) is 5.89 Å². The number of fused-ring (bicyclic) bond motifs is 1. The van der Waals surface area contributed by atoms with Crippen molar-refractivity contribution in [1.29, 1.82) is 0 Å². The minimum Gasteiger partial charge on any atom is -0.439 e. The van der Waals surface area contributed by atoms with Gasteiger partial charge < -0.3 is 10.2 Å². The van der Waals surface area contributed by atoms with Crippen LogP contribution in [0.5, 0.6) is 0 Å². The highest BCUT2D eigenvalue weighted by atomic mass is 16.3. The molecule has 4 nitrogen and oxygen atoms in total. The zero-order valence-electron chi connectivity index (χ0n) is 11.4. The van der Waals surface area contributed by atoms with E-state index in [0.717, 1.165) is 48.2 Å². The average Bonchev–Trinajstić information content (AvgIpc) is 2.80. The third-order valence-electron chi connectivity index (χ3n) is 4.00. The second-order valence-corrected chi connectivity index (χ2v) is 5.49. The minimum absolute atomic E-state index is 0.721. The molecule has 1 saturated heterocycles. The van der Waals surface area contributed by atoms with Crippen LogP contribution < -0.4 is 5.73 Å². The molecule has 1 aromatic carbocycles. The number of nitrogens with two attached hydrogens (primary N) is 1. The first-order valence-corrected chi connectivity index (χ1v) is 7.12. The van der Waals surface area contributed by atoms with Crippen molar-refractivity contribution >= 4 is 16.8 Å². The quantitative estimate of drug-likeness (QED) is 0.861. The van der Waals surface area contributed by atoms with Gasteiger partial charge in [-0.05, 0) is 37.4 Å². The van der Waals surface area contributed by atoms with Crippen molar-refractivity contribution in [2.75, 3.05) is 18.8 Å². The molecule has 0 amide bonds. The van der Waals surface area contributed by atoms with E-state index in [2.05, 4.69) is 16.8 Å². The lowest BCUT2D eigenvalue weighted by atomic mass is 9.96. The number of likely N-dealkylation sites (tertiary alicyclic amines) is 1. The van der Waals surface area contributed by atoms with Gasteiger partial charge in [-0.1, -0.05) is 13.3 Å². The molecule has 1 aliphatic heterocycles. The van der Waals surface area contributed by atoms with E-state index in [9.17, 15) is 0 Å². The molecule has 0 radical (unpaired) electrons. The first kappa shape index (κ1) is 12.5.